The van der Waals surface area contributed by atoms with Gasteiger partial charge in [-0.25, -0.2) is 0 Å². The number of morpholine rings is 1. The van der Waals surface area contributed by atoms with Crippen molar-refractivity contribution in [3.05, 3.63) is 34.3 Å². The van der Waals surface area contributed by atoms with Crippen LogP contribution in [-0.2, 0) is 19.0 Å². The Balaban J connectivity index is 1.24. The molecule has 0 radical (unpaired) electrons. The van der Waals surface area contributed by atoms with E-state index < -0.39 is 0 Å². The van der Waals surface area contributed by atoms with Crippen LogP contribution < -0.4 is 5.32 Å². The summed E-state index contributed by atoms with van der Waals surface area (Å²) >= 11 is 3.46. The number of hydrogen-bond acceptors (Lipinski definition) is 5. The molecule has 148 valence electrons. The van der Waals surface area contributed by atoms with E-state index in [0.717, 1.165) is 48.8 Å². The van der Waals surface area contributed by atoms with Gasteiger partial charge in [-0.3, -0.25) is 9.69 Å². The van der Waals surface area contributed by atoms with Gasteiger partial charge >= 0.3 is 0 Å². The van der Waals surface area contributed by atoms with E-state index in [-0.39, 0.29) is 23.8 Å². The summed E-state index contributed by atoms with van der Waals surface area (Å²) in [5, 5.41) is 3.20. The molecule has 1 N–H and O–H groups in total. The summed E-state index contributed by atoms with van der Waals surface area (Å²) in [6, 6.07) is 8.42. The van der Waals surface area contributed by atoms with E-state index in [9.17, 15) is 4.79 Å². The zero-order valence-electron chi connectivity index (χ0n) is 15.5. The van der Waals surface area contributed by atoms with E-state index in [1.54, 1.807) is 0 Å². The summed E-state index contributed by atoms with van der Waals surface area (Å²) in [5.41, 5.74) is 1.15. The number of ether oxygens (including phenoxy) is 3. The zero-order valence-corrected chi connectivity index (χ0v) is 17.1. The summed E-state index contributed by atoms with van der Waals surface area (Å²) < 4.78 is 18.5. The quantitative estimate of drug-likeness (QED) is 0.782. The van der Waals surface area contributed by atoms with Crippen molar-refractivity contribution in [2.24, 2.45) is 0 Å². The van der Waals surface area contributed by atoms with Crippen molar-refractivity contribution in [2.75, 3.05) is 39.5 Å². The molecule has 6 nitrogen and oxygen atoms in total. The lowest BCUT2D eigenvalue weighted by atomic mass is 9.90. The van der Waals surface area contributed by atoms with Gasteiger partial charge in [0.1, 0.15) is 0 Å². The predicted octanol–water partition coefficient (Wildman–Crippen LogP) is 2.62. The maximum Gasteiger partial charge on any atom is 0.234 e. The van der Waals surface area contributed by atoms with Gasteiger partial charge in [0.2, 0.25) is 5.91 Å². The van der Waals surface area contributed by atoms with Crippen LogP contribution in [0, 0.1) is 0 Å². The molecule has 3 fully saturated rings. The minimum atomic E-state index is -0.372. The smallest absolute Gasteiger partial charge is 0.234 e. The minimum Gasteiger partial charge on any atom is -0.371 e. The van der Waals surface area contributed by atoms with Crippen LogP contribution in [0.5, 0.6) is 0 Å². The Kier molecular flexibility index (Phi) is 6.14. The van der Waals surface area contributed by atoms with Crippen LogP contribution in [0.4, 0.5) is 0 Å². The molecule has 3 aliphatic rings. The maximum absolute atomic E-state index is 12.5. The Morgan fingerprint density at radius 2 is 1.85 bits per heavy atom. The molecule has 1 amide bonds. The molecular weight excluding hydrogens is 412 g/mol. The third-order valence-electron chi connectivity index (χ3n) is 5.69. The summed E-state index contributed by atoms with van der Waals surface area (Å²) in [4.78, 5) is 14.7. The molecule has 1 aromatic carbocycles. The minimum absolute atomic E-state index is 0.0193. The Bertz CT molecular complexity index is 638. The van der Waals surface area contributed by atoms with Crippen molar-refractivity contribution in [3.63, 3.8) is 0 Å². The average molecular weight is 439 g/mol. The summed E-state index contributed by atoms with van der Waals surface area (Å²) in [6.45, 7) is 3.97. The van der Waals surface area contributed by atoms with Crippen molar-refractivity contribution < 1.29 is 19.0 Å². The van der Waals surface area contributed by atoms with Crippen LogP contribution >= 0.6 is 15.9 Å². The highest BCUT2D eigenvalue weighted by Crippen LogP contribution is 2.35. The maximum atomic E-state index is 12.5. The second kappa shape index (κ2) is 8.57. The fourth-order valence-electron chi connectivity index (χ4n) is 4.19. The predicted molar refractivity (Wildman–Crippen MR) is 104 cm³/mol. The first kappa shape index (κ1) is 19.3. The zero-order chi connectivity index (χ0) is 18.7. The van der Waals surface area contributed by atoms with Gasteiger partial charge in [0.15, 0.2) is 5.79 Å². The van der Waals surface area contributed by atoms with Crippen molar-refractivity contribution in [1.29, 1.82) is 0 Å². The van der Waals surface area contributed by atoms with Crippen LogP contribution in [0.3, 0.4) is 0 Å². The van der Waals surface area contributed by atoms with Crippen LogP contribution in [0.2, 0.25) is 0 Å². The normalized spacial score (nSPS) is 26.3. The second-order valence-corrected chi connectivity index (χ2v) is 8.51. The molecule has 2 aliphatic heterocycles. The number of nitrogens with one attached hydrogen (secondary N) is 1. The Hall–Kier alpha value is -0.990. The molecule has 1 saturated carbocycles. The molecule has 27 heavy (non-hydrogen) atoms. The largest absolute Gasteiger partial charge is 0.371 e. The number of amides is 1. The molecule has 2 saturated heterocycles. The number of carbonyl (C=O) groups excluding carboxylic acids is 1. The van der Waals surface area contributed by atoms with Crippen LogP contribution in [-0.4, -0.2) is 62.1 Å². The Labute approximate surface area is 168 Å². The fourth-order valence-corrected chi connectivity index (χ4v) is 4.45. The van der Waals surface area contributed by atoms with Gasteiger partial charge in [-0.2, -0.15) is 0 Å². The molecule has 7 heteroatoms. The third-order valence-corrected chi connectivity index (χ3v) is 6.21. The first-order chi connectivity index (χ1) is 13.1. The molecule has 1 atom stereocenters. The van der Waals surface area contributed by atoms with Gasteiger partial charge in [0.25, 0.3) is 0 Å². The number of carbonyl (C=O) groups is 1. The molecule has 1 unspecified atom stereocenters. The Morgan fingerprint density at radius 3 is 2.56 bits per heavy atom. The number of rotatable bonds is 4. The van der Waals surface area contributed by atoms with Gasteiger partial charge in [0.05, 0.1) is 32.5 Å². The highest BCUT2D eigenvalue weighted by atomic mass is 79.9. The third kappa shape index (κ3) is 4.90. The average Bonchev–Trinajstić information content (AvgIpc) is 3.13. The topological polar surface area (TPSA) is 60.0 Å². The second-order valence-electron chi connectivity index (χ2n) is 7.60. The van der Waals surface area contributed by atoms with Crippen molar-refractivity contribution >= 4 is 21.8 Å². The van der Waals surface area contributed by atoms with Crippen molar-refractivity contribution in [2.45, 2.75) is 43.6 Å². The lowest BCUT2D eigenvalue weighted by Crippen LogP contribution is -2.48. The number of nitrogens with zero attached hydrogens (tertiary/aromatic N) is 1. The van der Waals surface area contributed by atoms with Gasteiger partial charge < -0.3 is 19.5 Å². The van der Waals surface area contributed by atoms with Gasteiger partial charge in [-0.05, 0) is 30.5 Å². The van der Waals surface area contributed by atoms with E-state index in [0.29, 0.717) is 26.4 Å². The van der Waals surface area contributed by atoms with E-state index in [4.69, 9.17) is 14.2 Å². The van der Waals surface area contributed by atoms with Crippen molar-refractivity contribution in [1.82, 2.24) is 10.2 Å². The van der Waals surface area contributed by atoms with E-state index in [1.807, 2.05) is 12.1 Å². The van der Waals surface area contributed by atoms with Crippen LogP contribution in [0.25, 0.3) is 0 Å². The molecule has 1 aromatic rings. The van der Waals surface area contributed by atoms with E-state index in [2.05, 4.69) is 38.3 Å². The number of benzene rings is 1. The highest BCUT2D eigenvalue weighted by Gasteiger charge is 2.40. The first-order valence-electron chi connectivity index (χ1n) is 9.79. The fraction of sp³-hybridized carbons (Fsp3) is 0.650. The van der Waals surface area contributed by atoms with E-state index >= 15 is 0 Å². The van der Waals surface area contributed by atoms with Gasteiger partial charge in [-0.1, -0.05) is 28.1 Å². The SMILES string of the molecule is O=C(CN1CCOC(c2ccc(Br)cc2)C1)NC1CCC2(CC1)OCCO2. The molecule has 2 heterocycles. The number of halogens is 1. The van der Waals surface area contributed by atoms with Crippen LogP contribution in [0.1, 0.15) is 37.4 Å². The molecule has 1 aliphatic carbocycles. The van der Waals surface area contributed by atoms with Crippen LogP contribution in [0.15, 0.2) is 28.7 Å². The molecule has 0 bridgehead atoms. The standard InChI is InChI=1S/C20H27BrN2O4/c21-16-3-1-15(2-4-16)18-13-23(9-10-25-18)14-19(24)22-17-5-7-20(8-6-17)26-11-12-27-20/h1-4,17-18H,5-14H2,(H,22,24). The van der Waals surface area contributed by atoms with Crippen molar-refractivity contribution in [3.8, 4) is 0 Å². The van der Waals surface area contributed by atoms with Gasteiger partial charge in [-0.15, -0.1) is 0 Å². The Morgan fingerprint density at radius 1 is 1.15 bits per heavy atom. The number of hydrogen-bond donors (Lipinski definition) is 1. The monoisotopic (exact) mass is 438 g/mol. The first-order valence-corrected chi connectivity index (χ1v) is 10.6. The molecular formula is C20H27BrN2O4. The molecule has 4 rings (SSSR count). The summed E-state index contributed by atoms with van der Waals surface area (Å²) in [5.74, 6) is -0.274. The van der Waals surface area contributed by atoms with Gasteiger partial charge in [0, 0.05) is 36.4 Å². The highest BCUT2D eigenvalue weighted by molar-refractivity contribution is 9.10. The molecule has 0 aromatic heterocycles. The lowest BCUT2D eigenvalue weighted by Gasteiger charge is -2.36. The summed E-state index contributed by atoms with van der Waals surface area (Å²) in [7, 11) is 0. The molecule has 1 spiro atoms. The lowest BCUT2D eigenvalue weighted by molar-refractivity contribution is -0.180. The summed E-state index contributed by atoms with van der Waals surface area (Å²) in [6.07, 6.45) is 3.57. The van der Waals surface area contributed by atoms with E-state index in [1.165, 1.54) is 0 Å².